The number of carbonyl (C=O) groups excluding carboxylic acids is 1. The molecule has 2 aromatic heterocycles. The highest BCUT2D eigenvalue weighted by molar-refractivity contribution is 7.91. The van der Waals surface area contributed by atoms with Crippen LogP contribution in [0, 0.1) is 13.8 Å². The maximum atomic E-state index is 12.6. The van der Waals surface area contributed by atoms with Gasteiger partial charge in [-0.3, -0.25) is 4.79 Å². The Labute approximate surface area is 184 Å². The van der Waals surface area contributed by atoms with Crippen molar-refractivity contribution in [1.82, 2.24) is 19.9 Å². The number of aryl methyl sites for hydroxylation is 2. The molecule has 162 valence electrons. The molecular weight excluding hydrogens is 414 g/mol. The van der Waals surface area contributed by atoms with Gasteiger partial charge in [-0.2, -0.15) is 0 Å². The maximum Gasteiger partial charge on any atom is 0.272 e. The van der Waals surface area contributed by atoms with Crippen LogP contribution in [0.4, 0.5) is 5.95 Å². The van der Waals surface area contributed by atoms with Crippen molar-refractivity contribution in [3.05, 3.63) is 59.7 Å². The van der Waals surface area contributed by atoms with Crippen LogP contribution < -0.4 is 4.90 Å². The molecule has 4 rings (SSSR count). The van der Waals surface area contributed by atoms with E-state index in [1.54, 1.807) is 23.4 Å². The van der Waals surface area contributed by atoms with Gasteiger partial charge in [0.1, 0.15) is 11.5 Å². The number of anilines is 1. The van der Waals surface area contributed by atoms with Crippen LogP contribution in [-0.2, 0) is 21.7 Å². The Hall–Kier alpha value is -2.91. The van der Waals surface area contributed by atoms with Crippen LogP contribution in [-0.4, -0.2) is 62.2 Å². The van der Waals surface area contributed by atoms with Crippen molar-refractivity contribution in [1.29, 1.82) is 0 Å². The van der Waals surface area contributed by atoms with Crippen molar-refractivity contribution in [2.75, 3.05) is 36.8 Å². The summed E-state index contributed by atoms with van der Waals surface area (Å²) in [4.78, 5) is 29.4. The molecular formula is C22H25N5O3S. The molecule has 3 aromatic rings. The van der Waals surface area contributed by atoms with Crippen molar-refractivity contribution in [3.63, 3.8) is 0 Å². The molecule has 9 heteroatoms. The fourth-order valence-corrected chi connectivity index (χ4v) is 4.56. The highest BCUT2D eigenvalue weighted by Crippen LogP contribution is 2.23. The molecule has 1 aliphatic heterocycles. The molecule has 0 radical (unpaired) electrons. The van der Waals surface area contributed by atoms with Gasteiger partial charge in [0.05, 0.1) is 0 Å². The van der Waals surface area contributed by atoms with E-state index in [1.165, 1.54) is 0 Å². The first-order valence-corrected chi connectivity index (χ1v) is 11.7. The van der Waals surface area contributed by atoms with Gasteiger partial charge >= 0.3 is 0 Å². The van der Waals surface area contributed by atoms with Gasteiger partial charge < -0.3 is 18.8 Å². The summed E-state index contributed by atoms with van der Waals surface area (Å²) in [6.07, 6.45) is 3.41. The summed E-state index contributed by atoms with van der Waals surface area (Å²) in [6, 6.07) is 9.67. The quantitative estimate of drug-likeness (QED) is 0.544. The van der Waals surface area contributed by atoms with Gasteiger partial charge in [-0.15, -0.1) is 0 Å². The Balaban J connectivity index is 1.30. The van der Waals surface area contributed by atoms with Crippen LogP contribution in [0.15, 0.2) is 47.1 Å². The number of carbonyl (C=O) groups is 1. The molecule has 1 saturated heterocycles. The molecule has 0 spiro atoms. The highest BCUT2D eigenvalue weighted by atomic mass is 32.2. The molecule has 1 aromatic carbocycles. The van der Waals surface area contributed by atoms with Gasteiger partial charge in [0.15, 0.2) is 11.5 Å². The highest BCUT2D eigenvalue weighted by Gasteiger charge is 2.26. The van der Waals surface area contributed by atoms with E-state index in [0.29, 0.717) is 49.5 Å². The second kappa shape index (κ2) is 9.49. The average molecular weight is 440 g/mol. The van der Waals surface area contributed by atoms with Gasteiger partial charge in [0.2, 0.25) is 11.8 Å². The summed E-state index contributed by atoms with van der Waals surface area (Å²) in [5.41, 5.74) is 2.67. The van der Waals surface area contributed by atoms with E-state index in [-0.39, 0.29) is 17.4 Å². The topological polar surface area (TPSA) is 98.4 Å². The Kier molecular flexibility index (Phi) is 6.53. The smallest absolute Gasteiger partial charge is 0.272 e. The van der Waals surface area contributed by atoms with Gasteiger partial charge in [-0.05, 0) is 43.2 Å². The fraction of sp³-hybridized carbons (Fsp3) is 0.364. The summed E-state index contributed by atoms with van der Waals surface area (Å²) in [5.74, 6) is 1.89. The molecule has 1 aliphatic rings. The normalized spacial score (nSPS) is 15.2. The second-order valence-electron chi connectivity index (χ2n) is 7.53. The number of oxazole rings is 1. The van der Waals surface area contributed by atoms with E-state index in [9.17, 15) is 9.35 Å². The van der Waals surface area contributed by atoms with E-state index in [2.05, 4.69) is 15.0 Å². The predicted octanol–water partition coefficient (Wildman–Crippen LogP) is 2.35. The van der Waals surface area contributed by atoms with Crippen LogP contribution in [0.1, 0.15) is 17.0 Å². The van der Waals surface area contributed by atoms with Gasteiger partial charge in [0, 0.05) is 44.1 Å². The van der Waals surface area contributed by atoms with Crippen molar-refractivity contribution < 1.29 is 13.8 Å². The Morgan fingerprint density at radius 3 is 2.45 bits per heavy atom. The third-order valence-corrected chi connectivity index (χ3v) is 6.41. The summed E-state index contributed by atoms with van der Waals surface area (Å²) >= 11 is -1.36. The van der Waals surface area contributed by atoms with E-state index >= 15 is 0 Å². The lowest BCUT2D eigenvalue weighted by atomic mass is 10.1. The van der Waals surface area contributed by atoms with Crippen LogP contribution in [0.25, 0.3) is 11.5 Å². The van der Waals surface area contributed by atoms with Gasteiger partial charge in [-0.25, -0.2) is 15.0 Å². The first-order chi connectivity index (χ1) is 15.0. The van der Waals surface area contributed by atoms with Crippen LogP contribution in [0.3, 0.4) is 0 Å². The molecule has 8 nitrogen and oxygen atoms in total. The molecule has 1 amide bonds. The van der Waals surface area contributed by atoms with Crippen molar-refractivity contribution in [2.24, 2.45) is 0 Å². The molecule has 1 fully saturated rings. The van der Waals surface area contributed by atoms with E-state index in [0.717, 1.165) is 11.1 Å². The molecule has 0 aliphatic carbocycles. The van der Waals surface area contributed by atoms with Crippen LogP contribution in [0.2, 0.25) is 0 Å². The summed E-state index contributed by atoms with van der Waals surface area (Å²) in [5, 5.41) is 0. The number of amides is 1. The second-order valence-corrected chi connectivity index (χ2v) is 8.99. The zero-order valence-electron chi connectivity index (χ0n) is 17.7. The third kappa shape index (κ3) is 5.23. The van der Waals surface area contributed by atoms with Crippen molar-refractivity contribution >= 4 is 23.0 Å². The number of piperazine rings is 1. The fourth-order valence-electron chi connectivity index (χ4n) is 3.42. The lowest BCUT2D eigenvalue weighted by Crippen LogP contribution is -2.50. The number of benzene rings is 1. The minimum atomic E-state index is -1.36. The van der Waals surface area contributed by atoms with Crippen LogP contribution in [0.5, 0.6) is 0 Å². The Morgan fingerprint density at radius 1 is 1.10 bits per heavy atom. The van der Waals surface area contributed by atoms with Gasteiger partial charge in [-0.1, -0.05) is 17.7 Å². The lowest BCUT2D eigenvalue weighted by molar-refractivity contribution is -0.128. The molecule has 1 unspecified atom stereocenters. The number of rotatable bonds is 6. The SMILES string of the molecule is Cc1ccc(-c2nc(C[S+]([O-])CC(=O)N3CCN(c4ncccn4)CC3)c(C)o2)cc1. The summed E-state index contributed by atoms with van der Waals surface area (Å²) in [6.45, 7) is 6.27. The van der Waals surface area contributed by atoms with Gasteiger partial charge in [0.25, 0.3) is 5.91 Å². The minimum Gasteiger partial charge on any atom is -0.616 e. The largest absolute Gasteiger partial charge is 0.616 e. The number of aromatic nitrogens is 3. The molecule has 0 saturated carbocycles. The molecule has 31 heavy (non-hydrogen) atoms. The zero-order valence-corrected chi connectivity index (χ0v) is 18.5. The van der Waals surface area contributed by atoms with E-state index in [1.807, 2.05) is 43.0 Å². The maximum absolute atomic E-state index is 12.6. The average Bonchev–Trinajstić information content (AvgIpc) is 3.15. The number of nitrogens with zero attached hydrogens (tertiary/aromatic N) is 5. The van der Waals surface area contributed by atoms with E-state index < -0.39 is 11.2 Å². The molecule has 0 N–H and O–H groups in total. The molecule has 3 heterocycles. The van der Waals surface area contributed by atoms with Crippen molar-refractivity contribution in [2.45, 2.75) is 19.6 Å². The first-order valence-electron chi connectivity index (χ1n) is 10.2. The van der Waals surface area contributed by atoms with E-state index in [4.69, 9.17) is 4.42 Å². The number of hydrogen-bond acceptors (Lipinski definition) is 7. The van der Waals surface area contributed by atoms with Crippen molar-refractivity contribution in [3.8, 4) is 11.5 Å². The Bertz CT molecular complexity index is 1020. The first kappa shape index (κ1) is 21.3. The predicted molar refractivity (Wildman–Crippen MR) is 119 cm³/mol. The molecule has 1 atom stereocenters. The number of hydrogen-bond donors (Lipinski definition) is 0. The third-order valence-electron chi connectivity index (χ3n) is 5.24. The monoisotopic (exact) mass is 439 g/mol. The summed E-state index contributed by atoms with van der Waals surface area (Å²) < 4.78 is 18.4. The molecule has 0 bridgehead atoms. The zero-order chi connectivity index (χ0) is 21.8. The standard InChI is InChI=1S/C22H25N5O3S/c1-16-4-6-18(7-5-16)21-25-19(17(2)30-21)14-31(29)15-20(28)26-10-12-27(13-11-26)22-23-8-3-9-24-22/h3-9H,10-15H2,1-2H3. The van der Waals surface area contributed by atoms with Crippen LogP contribution >= 0.6 is 0 Å². The Morgan fingerprint density at radius 2 is 1.77 bits per heavy atom. The lowest BCUT2D eigenvalue weighted by Gasteiger charge is -2.34. The minimum absolute atomic E-state index is 0.0198. The summed E-state index contributed by atoms with van der Waals surface area (Å²) in [7, 11) is 0.